The Morgan fingerprint density at radius 1 is 1.41 bits per heavy atom. The minimum Gasteiger partial charge on any atom is -0.494 e. The van der Waals surface area contributed by atoms with E-state index in [0.29, 0.717) is 0 Å². The van der Waals surface area contributed by atoms with Gasteiger partial charge in [-0.2, -0.15) is 0 Å². The molecule has 0 aliphatic carbocycles. The van der Waals surface area contributed by atoms with E-state index >= 15 is 0 Å². The highest BCUT2D eigenvalue weighted by molar-refractivity contribution is 7.10. The summed E-state index contributed by atoms with van der Waals surface area (Å²) < 4.78 is 18.5. The lowest BCUT2D eigenvalue weighted by Gasteiger charge is -2.15. The van der Waals surface area contributed by atoms with Crippen molar-refractivity contribution in [2.45, 2.75) is 6.04 Å². The molecule has 2 aromatic rings. The van der Waals surface area contributed by atoms with Crippen LogP contribution in [0.15, 0.2) is 35.7 Å². The maximum Gasteiger partial charge on any atom is 0.165 e. The van der Waals surface area contributed by atoms with Gasteiger partial charge in [-0.3, -0.25) is 5.84 Å². The molecular weight excluding hydrogens is 239 g/mol. The number of hydrazine groups is 1. The fraction of sp³-hybridized carbons (Fsp3) is 0.167. The molecule has 0 fully saturated rings. The van der Waals surface area contributed by atoms with Crippen LogP contribution in [0, 0.1) is 5.82 Å². The largest absolute Gasteiger partial charge is 0.494 e. The zero-order valence-electron chi connectivity index (χ0n) is 9.31. The van der Waals surface area contributed by atoms with Gasteiger partial charge in [-0.15, -0.1) is 11.3 Å². The molecule has 0 saturated heterocycles. The summed E-state index contributed by atoms with van der Waals surface area (Å²) in [5, 5.41) is 1.96. The van der Waals surface area contributed by atoms with Crippen LogP contribution in [0.5, 0.6) is 5.75 Å². The lowest BCUT2D eigenvalue weighted by Crippen LogP contribution is -2.28. The van der Waals surface area contributed by atoms with Gasteiger partial charge in [0.15, 0.2) is 11.6 Å². The number of hydrogen-bond acceptors (Lipinski definition) is 4. The van der Waals surface area contributed by atoms with Crippen molar-refractivity contribution in [1.29, 1.82) is 0 Å². The zero-order valence-corrected chi connectivity index (χ0v) is 10.1. The van der Waals surface area contributed by atoms with Crippen molar-refractivity contribution in [2.24, 2.45) is 5.84 Å². The molecule has 0 bridgehead atoms. The Bertz CT molecular complexity index is 487. The third kappa shape index (κ3) is 2.46. The second-order valence-electron chi connectivity index (χ2n) is 3.51. The third-order valence-electron chi connectivity index (χ3n) is 2.50. The molecule has 0 spiro atoms. The van der Waals surface area contributed by atoms with Crippen LogP contribution in [0.25, 0.3) is 0 Å². The van der Waals surface area contributed by atoms with Crippen LogP contribution >= 0.6 is 11.3 Å². The smallest absolute Gasteiger partial charge is 0.165 e. The maximum absolute atomic E-state index is 13.6. The number of nitrogens with two attached hydrogens (primary N) is 1. The Kier molecular flexibility index (Phi) is 3.73. The van der Waals surface area contributed by atoms with Gasteiger partial charge in [0.05, 0.1) is 13.2 Å². The first-order valence-electron chi connectivity index (χ1n) is 5.09. The SMILES string of the molecule is COc1ccc(C(NN)c2cccs2)cc1F. The number of nitrogens with one attached hydrogen (secondary N) is 1. The molecule has 0 radical (unpaired) electrons. The number of rotatable bonds is 4. The summed E-state index contributed by atoms with van der Waals surface area (Å²) in [5.41, 5.74) is 3.46. The van der Waals surface area contributed by atoms with Gasteiger partial charge in [0.25, 0.3) is 0 Å². The van der Waals surface area contributed by atoms with E-state index in [9.17, 15) is 4.39 Å². The van der Waals surface area contributed by atoms with Crippen LogP contribution in [-0.2, 0) is 0 Å². The topological polar surface area (TPSA) is 47.3 Å². The molecule has 5 heteroatoms. The van der Waals surface area contributed by atoms with Crippen molar-refractivity contribution >= 4 is 11.3 Å². The lowest BCUT2D eigenvalue weighted by atomic mass is 10.1. The summed E-state index contributed by atoms with van der Waals surface area (Å²) in [4.78, 5) is 1.04. The highest BCUT2D eigenvalue weighted by atomic mass is 32.1. The molecule has 0 amide bonds. The molecule has 1 aromatic heterocycles. The number of benzene rings is 1. The van der Waals surface area contributed by atoms with Gasteiger partial charge in [-0.25, -0.2) is 9.82 Å². The number of halogens is 1. The van der Waals surface area contributed by atoms with E-state index in [4.69, 9.17) is 10.6 Å². The first-order valence-corrected chi connectivity index (χ1v) is 5.97. The first kappa shape index (κ1) is 12.0. The predicted octanol–water partition coefficient (Wildman–Crippen LogP) is 2.45. The Balaban J connectivity index is 2.35. The molecule has 3 N–H and O–H groups in total. The fourth-order valence-corrected chi connectivity index (χ4v) is 2.47. The van der Waals surface area contributed by atoms with Crippen LogP contribution in [0.4, 0.5) is 4.39 Å². The molecule has 1 heterocycles. The molecule has 0 aliphatic heterocycles. The van der Waals surface area contributed by atoms with Gasteiger partial charge in [0.2, 0.25) is 0 Å². The van der Waals surface area contributed by atoms with Crippen molar-refractivity contribution in [3.63, 3.8) is 0 Å². The normalized spacial score (nSPS) is 12.4. The summed E-state index contributed by atoms with van der Waals surface area (Å²) in [6, 6.07) is 8.52. The van der Waals surface area contributed by atoms with Crippen LogP contribution in [-0.4, -0.2) is 7.11 Å². The predicted molar refractivity (Wildman–Crippen MR) is 66.4 cm³/mol. The first-order chi connectivity index (χ1) is 8.26. The maximum atomic E-state index is 13.6. The molecular formula is C12H13FN2OS. The molecule has 0 saturated carbocycles. The van der Waals surface area contributed by atoms with E-state index in [1.165, 1.54) is 13.2 Å². The number of hydrogen-bond donors (Lipinski definition) is 2. The van der Waals surface area contributed by atoms with E-state index in [1.807, 2.05) is 17.5 Å². The number of methoxy groups -OCH3 is 1. The minimum absolute atomic E-state index is 0.199. The van der Waals surface area contributed by atoms with Crippen LogP contribution in [0.3, 0.4) is 0 Å². The van der Waals surface area contributed by atoms with Crippen molar-refractivity contribution < 1.29 is 9.13 Å². The van der Waals surface area contributed by atoms with Gasteiger partial charge in [-0.05, 0) is 29.1 Å². The quantitative estimate of drug-likeness (QED) is 0.649. The van der Waals surface area contributed by atoms with Crippen molar-refractivity contribution in [1.82, 2.24) is 5.43 Å². The molecule has 0 aliphatic rings. The molecule has 1 aromatic carbocycles. The van der Waals surface area contributed by atoms with E-state index in [2.05, 4.69) is 5.43 Å². The monoisotopic (exact) mass is 252 g/mol. The van der Waals surface area contributed by atoms with Gasteiger partial charge >= 0.3 is 0 Å². The van der Waals surface area contributed by atoms with Crippen LogP contribution in [0.1, 0.15) is 16.5 Å². The lowest BCUT2D eigenvalue weighted by molar-refractivity contribution is 0.386. The summed E-state index contributed by atoms with van der Waals surface area (Å²) in [5.74, 6) is 5.36. The standard InChI is InChI=1S/C12H13FN2OS/c1-16-10-5-4-8(7-9(10)13)12(15-14)11-3-2-6-17-11/h2-7,12,15H,14H2,1H3. The molecule has 17 heavy (non-hydrogen) atoms. The second-order valence-corrected chi connectivity index (χ2v) is 4.49. The van der Waals surface area contributed by atoms with Crippen LogP contribution < -0.4 is 16.0 Å². The minimum atomic E-state index is -0.387. The summed E-state index contributed by atoms with van der Waals surface area (Å²) in [6.07, 6.45) is 0. The highest BCUT2D eigenvalue weighted by Crippen LogP contribution is 2.28. The van der Waals surface area contributed by atoms with E-state index in [-0.39, 0.29) is 17.6 Å². The Hall–Kier alpha value is -1.43. The van der Waals surface area contributed by atoms with Crippen LogP contribution in [0.2, 0.25) is 0 Å². The molecule has 2 rings (SSSR count). The van der Waals surface area contributed by atoms with Crippen molar-refractivity contribution in [3.05, 3.63) is 52.0 Å². The van der Waals surface area contributed by atoms with Crippen molar-refractivity contribution in [3.8, 4) is 5.75 Å². The molecule has 3 nitrogen and oxygen atoms in total. The van der Waals surface area contributed by atoms with Gasteiger partial charge in [0, 0.05) is 4.88 Å². The Morgan fingerprint density at radius 3 is 2.76 bits per heavy atom. The Morgan fingerprint density at radius 2 is 2.24 bits per heavy atom. The van der Waals surface area contributed by atoms with Crippen molar-refractivity contribution in [2.75, 3.05) is 7.11 Å². The average Bonchev–Trinajstić information content (AvgIpc) is 2.84. The highest BCUT2D eigenvalue weighted by Gasteiger charge is 2.15. The third-order valence-corrected chi connectivity index (χ3v) is 3.44. The Labute approximate surface area is 103 Å². The number of ether oxygens (including phenoxy) is 1. The fourth-order valence-electron chi connectivity index (χ4n) is 1.66. The van der Waals surface area contributed by atoms with Gasteiger partial charge in [0.1, 0.15) is 0 Å². The van der Waals surface area contributed by atoms with Gasteiger partial charge < -0.3 is 4.74 Å². The van der Waals surface area contributed by atoms with E-state index in [1.54, 1.807) is 23.5 Å². The average molecular weight is 252 g/mol. The molecule has 1 atom stereocenters. The second kappa shape index (κ2) is 5.27. The summed E-state index contributed by atoms with van der Waals surface area (Å²) in [6.45, 7) is 0. The molecule has 90 valence electrons. The molecule has 1 unspecified atom stereocenters. The van der Waals surface area contributed by atoms with Gasteiger partial charge in [-0.1, -0.05) is 12.1 Å². The number of thiophene rings is 1. The summed E-state index contributed by atoms with van der Waals surface area (Å²) >= 11 is 1.57. The van der Waals surface area contributed by atoms with E-state index < -0.39 is 0 Å². The van der Waals surface area contributed by atoms with E-state index in [0.717, 1.165) is 10.4 Å². The summed E-state index contributed by atoms with van der Waals surface area (Å²) in [7, 11) is 1.44. The zero-order chi connectivity index (χ0) is 12.3.